The van der Waals surface area contributed by atoms with E-state index in [1.807, 2.05) is 24.3 Å². The highest BCUT2D eigenvalue weighted by Gasteiger charge is 2.15. The second-order valence-corrected chi connectivity index (χ2v) is 3.55. The highest BCUT2D eigenvalue weighted by molar-refractivity contribution is 5.76. The van der Waals surface area contributed by atoms with Gasteiger partial charge in [0.05, 0.1) is 14.2 Å². The van der Waals surface area contributed by atoms with E-state index in [4.69, 9.17) is 9.47 Å². The summed E-state index contributed by atoms with van der Waals surface area (Å²) >= 11 is 0. The number of hydrogen-bond donors (Lipinski definition) is 1. The van der Waals surface area contributed by atoms with Crippen LogP contribution in [0.3, 0.4) is 0 Å². The van der Waals surface area contributed by atoms with E-state index in [-0.39, 0.29) is 0 Å². The Bertz CT molecular complexity index is 544. The highest BCUT2D eigenvalue weighted by Crippen LogP contribution is 2.37. The van der Waals surface area contributed by atoms with Crippen LogP contribution in [0.5, 0.6) is 11.5 Å². The summed E-state index contributed by atoms with van der Waals surface area (Å²) in [6.45, 7) is 0. The Labute approximate surface area is 106 Å². The average molecular weight is 245 g/mol. The van der Waals surface area contributed by atoms with Crippen LogP contribution in [0.4, 0.5) is 5.82 Å². The van der Waals surface area contributed by atoms with Crippen LogP contribution >= 0.6 is 0 Å². The van der Waals surface area contributed by atoms with Gasteiger partial charge in [0.15, 0.2) is 11.6 Å². The third kappa shape index (κ3) is 2.07. The first-order valence-corrected chi connectivity index (χ1v) is 5.52. The molecule has 0 spiro atoms. The first-order chi connectivity index (χ1) is 8.81. The predicted molar refractivity (Wildman–Crippen MR) is 70.1 cm³/mol. The van der Waals surface area contributed by atoms with Crippen LogP contribution in [0.2, 0.25) is 0 Å². The number of para-hydroxylation sites is 1. The molecule has 1 aromatic carbocycles. The van der Waals surface area contributed by atoms with E-state index in [0.717, 1.165) is 11.3 Å². The maximum Gasteiger partial charge on any atom is 0.187 e. The van der Waals surface area contributed by atoms with Gasteiger partial charge in [-0.05, 0) is 12.1 Å². The van der Waals surface area contributed by atoms with Gasteiger partial charge in [0.25, 0.3) is 0 Å². The van der Waals surface area contributed by atoms with Crippen LogP contribution in [0.25, 0.3) is 11.3 Å². The molecule has 94 valence electrons. The van der Waals surface area contributed by atoms with Gasteiger partial charge in [-0.15, -0.1) is 0 Å². The van der Waals surface area contributed by atoms with Crippen molar-refractivity contribution in [3.8, 4) is 22.8 Å². The quantitative estimate of drug-likeness (QED) is 0.895. The molecule has 0 saturated carbocycles. The Morgan fingerprint density at radius 1 is 1.06 bits per heavy atom. The molecule has 0 atom stereocenters. The zero-order valence-electron chi connectivity index (χ0n) is 10.6. The van der Waals surface area contributed by atoms with Gasteiger partial charge in [-0.2, -0.15) is 0 Å². The molecule has 0 bridgehead atoms. The van der Waals surface area contributed by atoms with Crippen LogP contribution in [-0.4, -0.2) is 31.2 Å². The lowest BCUT2D eigenvalue weighted by atomic mass is 10.1. The molecule has 0 saturated heterocycles. The Kier molecular flexibility index (Phi) is 3.62. The molecule has 0 aliphatic carbocycles. The second kappa shape index (κ2) is 5.35. The molecule has 2 rings (SSSR count). The summed E-state index contributed by atoms with van der Waals surface area (Å²) in [7, 11) is 5.01. The lowest BCUT2D eigenvalue weighted by molar-refractivity contribution is 0.409. The fourth-order valence-electron chi connectivity index (χ4n) is 1.78. The van der Waals surface area contributed by atoms with Crippen molar-refractivity contribution in [2.75, 3.05) is 26.6 Å². The minimum atomic E-state index is 0.601. The molecule has 0 aliphatic heterocycles. The summed E-state index contributed by atoms with van der Waals surface area (Å²) in [4.78, 5) is 8.40. The normalized spacial score (nSPS) is 9.94. The van der Waals surface area contributed by atoms with Gasteiger partial charge in [-0.3, -0.25) is 0 Å². The minimum Gasteiger partial charge on any atom is -0.496 e. The highest BCUT2D eigenvalue weighted by atomic mass is 16.5. The van der Waals surface area contributed by atoms with Gasteiger partial charge in [-0.1, -0.05) is 12.1 Å². The van der Waals surface area contributed by atoms with E-state index >= 15 is 0 Å². The van der Waals surface area contributed by atoms with Crippen molar-refractivity contribution >= 4 is 5.82 Å². The molecule has 2 aromatic rings. The van der Waals surface area contributed by atoms with Crippen molar-refractivity contribution in [1.82, 2.24) is 9.97 Å². The molecule has 18 heavy (non-hydrogen) atoms. The Hall–Kier alpha value is -2.30. The Morgan fingerprint density at radius 3 is 2.50 bits per heavy atom. The van der Waals surface area contributed by atoms with Gasteiger partial charge >= 0.3 is 0 Å². The van der Waals surface area contributed by atoms with Gasteiger partial charge in [0.2, 0.25) is 0 Å². The number of nitrogens with one attached hydrogen (secondary N) is 1. The van der Waals surface area contributed by atoms with Crippen LogP contribution in [-0.2, 0) is 0 Å². The third-order valence-corrected chi connectivity index (χ3v) is 2.61. The maximum absolute atomic E-state index is 5.38. The first-order valence-electron chi connectivity index (χ1n) is 5.52. The number of hydrogen-bond acceptors (Lipinski definition) is 5. The van der Waals surface area contributed by atoms with Crippen molar-refractivity contribution in [3.63, 3.8) is 0 Å². The standard InChI is InChI=1S/C13H15N3O2/c1-14-13-12(18-3)11(15-8-16-13)9-6-4-5-7-10(9)17-2/h4-8H,1-3H3,(H,14,15,16). The van der Waals surface area contributed by atoms with E-state index in [1.54, 1.807) is 21.3 Å². The molecule has 5 nitrogen and oxygen atoms in total. The van der Waals surface area contributed by atoms with Crippen LogP contribution in [0.15, 0.2) is 30.6 Å². The maximum atomic E-state index is 5.38. The molecule has 0 fully saturated rings. The molecule has 5 heteroatoms. The number of rotatable bonds is 4. The zero-order chi connectivity index (χ0) is 13.0. The summed E-state index contributed by atoms with van der Waals surface area (Å²) in [5.74, 6) is 1.99. The van der Waals surface area contributed by atoms with Gasteiger partial charge < -0.3 is 14.8 Å². The number of nitrogens with zero attached hydrogens (tertiary/aromatic N) is 2. The number of anilines is 1. The molecule has 1 heterocycles. The van der Waals surface area contributed by atoms with Crippen molar-refractivity contribution < 1.29 is 9.47 Å². The van der Waals surface area contributed by atoms with E-state index in [0.29, 0.717) is 17.3 Å². The minimum absolute atomic E-state index is 0.601. The summed E-state index contributed by atoms with van der Waals surface area (Å²) in [5, 5.41) is 2.98. The summed E-state index contributed by atoms with van der Waals surface area (Å²) in [6.07, 6.45) is 1.50. The van der Waals surface area contributed by atoms with Crippen molar-refractivity contribution in [2.45, 2.75) is 0 Å². The smallest absolute Gasteiger partial charge is 0.187 e. The fraction of sp³-hybridized carbons (Fsp3) is 0.231. The molecular formula is C13H15N3O2. The number of methoxy groups -OCH3 is 2. The van der Waals surface area contributed by atoms with Crippen molar-refractivity contribution in [3.05, 3.63) is 30.6 Å². The van der Waals surface area contributed by atoms with E-state index in [1.165, 1.54) is 6.33 Å². The van der Waals surface area contributed by atoms with E-state index in [9.17, 15) is 0 Å². The number of aromatic nitrogens is 2. The molecule has 0 unspecified atom stereocenters. The average Bonchev–Trinajstić information content (AvgIpc) is 2.46. The Morgan fingerprint density at radius 2 is 1.83 bits per heavy atom. The first kappa shape index (κ1) is 12.2. The second-order valence-electron chi connectivity index (χ2n) is 3.55. The SMILES string of the molecule is CNc1ncnc(-c2ccccc2OC)c1OC. The molecule has 1 N–H and O–H groups in total. The predicted octanol–water partition coefficient (Wildman–Crippen LogP) is 2.20. The van der Waals surface area contributed by atoms with Crippen LogP contribution < -0.4 is 14.8 Å². The van der Waals surface area contributed by atoms with Gasteiger partial charge in [0.1, 0.15) is 17.8 Å². The summed E-state index contributed by atoms with van der Waals surface area (Å²) in [6, 6.07) is 7.66. The topological polar surface area (TPSA) is 56.3 Å². The molecule has 1 aromatic heterocycles. The van der Waals surface area contributed by atoms with Crippen molar-refractivity contribution in [1.29, 1.82) is 0 Å². The lowest BCUT2D eigenvalue weighted by Crippen LogP contribution is -2.01. The van der Waals surface area contributed by atoms with Crippen molar-refractivity contribution in [2.24, 2.45) is 0 Å². The largest absolute Gasteiger partial charge is 0.496 e. The molecule has 0 amide bonds. The Balaban J connectivity index is 2.63. The number of ether oxygens (including phenoxy) is 2. The summed E-state index contributed by atoms with van der Waals surface area (Å²) in [5.41, 5.74) is 1.57. The van der Waals surface area contributed by atoms with Gasteiger partial charge in [-0.25, -0.2) is 9.97 Å². The monoisotopic (exact) mass is 245 g/mol. The fourth-order valence-corrected chi connectivity index (χ4v) is 1.78. The lowest BCUT2D eigenvalue weighted by Gasteiger charge is -2.13. The molecule has 0 aliphatic rings. The van der Waals surface area contributed by atoms with Crippen LogP contribution in [0, 0.1) is 0 Å². The van der Waals surface area contributed by atoms with Crippen LogP contribution in [0.1, 0.15) is 0 Å². The summed E-state index contributed by atoms with van der Waals surface area (Å²) < 4.78 is 10.7. The third-order valence-electron chi connectivity index (χ3n) is 2.61. The van der Waals surface area contributed by atoms with E-state index < -0.39 is 0 Å². The molecular weight excluding hydrogens is 230 g/mol. The molecule has 0 radical (unpaired) electrons. The van der Waals surface area contributed by atoms with E-state index in [2.05, 4.69) is 15.3 Å². The van der Waals surface area contributed by atoms with Gasteiger partial charge in [0, 0.05) is 12.6 Å². The zero-order valence-corrected chi connectivity index (χ0v) is 10.6. The number of benzene rings is 1.